The molecule has 1 unspecified atom stereocenters. The fourth-order valence-electron chi connectivity index (χ4n) is 3.76. The van der Waals surface area contributed by atoms with Crippen molar-refractivity contribution in [1.82, 2.24) is 20.0 Å². The number of hydrogen-bond acceptors (Lipinski definition) is 5. The van der Waals surface area contributed by atoms with E-state index < -0.39 is 17.5 Å². The van der Waals surface area contributed by atoms with Gasteiger partial charge >= 0.3 is 6.03 Å². The summed E-state index contributed by atoms with van der Waals surface area (Å²) in [6, 6.07) is 11.6. The van der Waals surface area contributed by atoms with Gasteiger partial charge in [0.05, 0.1) is 6.26 Å². The van der Waals surface area contributed by atoms with Crippen molar-refractivity contribution in [3.8, 4) is 0 Å². The van der Waals surface area contributed by atoms with E-state index in [0.717, 1.165) is 4.90 Å². The molecule has 3 heterocycles. The van der Waals surface area contributed by atoms with Gasteiger partial charge in [0.15, 0.2) is 5.76 Å². The van der Waals surface area contributed by atoms with Crippen LogP contribution in [0, 0.1) is 0 Å². The van der Waals surface area contributed by atoms with Gasteiger partial charge in [-0.05, 0) is 24.6 Å². The molecular formula is C21H22N4O5. The summed E-state index contributed by atoms with van der Waals surface area (Å²) in [5, 5.41) is 2.70. The molecule has 1 N–H and O–H groups in total. The van der Waals surface area contributed by atoms with E-state index in [0.29, 0.717) is 31.7 Å². The molecule has 2 fully saturated rings. The molecule has 9 nitrogen and oxygen atoms in total. The molecule has 2 aliphatic heterocycles. The van der Waals surface area contributed by atoms with Crippen LogP contribution in [-0.2, 0) is 15.1 Å². The van der Waals surface area contributed by atoms with Crippen molar-refractivity contribution in [2.75, 3.05) is 32.7 Å². The second-order valence-corrected chi connectivity index (χ2v) is 7.46. The van der Waals surface area contributed by atoms with E-state index >= 15 is 0 Å². The van der Waals surface area contributed by atoms with Crippen molar-refractivity contribution in [3.05, 3.63) is 60.1 Å². The van der Waals surface area contributed by atoms with Gasteiger partial charge in [0.1, 0.15) is 12.1 Å². The summed E-state index contributed by atoms with van der Waals surface area (Å²) in [7, 11) is 0. The zero-order chi connectivity index (χ0) is 21.3. The Morgan fingerprint density at radius 3 is 2.30 bits per heavy atom. The van der Waals surface area contributed by atoms with Crippen LogP contribution >= 0.6 is 0 Å². The normalized spacial score (nSPS) is 21.7. The van der Waals surface area contributed by atoms with E-state index in [2.05, 4.69) is 5.32 Å². The van der Waals surface area contributed by atoms with Gasteiger partial charge in [0, 0.05) is 26.2 Å². The first-order chi connectivity index (χ1) is 14.4. The molecule has 0 radical (unpaired) electrons. The lowest BCUT2D eigenvalue weighted by Gasteiger charge is -2.34. The summed E-state index contributed by atoms with van der Waals surface area (Å²) >= 11 is 0. The number of benzene rings is 1. The third-order valence-electron chi connectivity index (χ3n) is 5.57. The Balaban J connectivity index is 1.37. The zero-order valence-electron chi connectivity index (χ0n) is 16.5. The number of piperazine rings is 1. The molecule has 2 aromatic rings. The monoisotopic (exact) mass is 410 g/mol. The quantitative estimate of drug-likeness (QED) is 0.759. The third kappa shape index (κ3) is 3.42. The molecule has 156 valence electrons. The molecule has 5 amide bonds. The van der Waals surface area contributed by atoms with Gasteiger partial charge in [-0.3, -0.25) is 19.3 Å². The minimum Gasteiger partial charge on any atom is -0.459 e. The predicted molar refractivity (Wildman–Crippen MR) is 105 cm³/mol. The van der Waals surface area contributed by atoms with Crippen molar-refractivity contribution in [1.29, 1.82) is 0 Å². The fourth-order valence-corrected chi connectivity index (χ4v) is 3.76. The first kappa shape index (κ1) is 19.7. The summed E-state index contributed by atoms with van der Waals surface area (Å²) in [5.41, 5.74) is -0.546. The minimum absolute atomic E-state index is 0.222. The van der Waals surface area contributed by atoms with Crippen molar-refractivity contribution >= 4 is 23.8 Å². The lowest BCUT2D eigenvalue weighted by Crippen LogP contribution is -2.53. The van der Waals surface area contributed by atoms with Crippen LogP contribution in [0.1, 0.15) is 23.0 Å². The number of furan rings is 1. The van der Waals surface area contributed by atoms with Crippen LogP contribution in [0.25, 0.3) is 0 Å². The van der Waals surface area contributed by atoms with Crippen LogP contribution in [0.2, 0.25) is 0 Å². The van der Waals surface area contributed by atoms with Gasteiger partial charge in [0.2, 0.25) is 5.91 Å². The molecule has 1 aromatic carbocycles. The van der Waals surface area contributed by atoms with E-state index in [1.165, 1.54) is 6.26 Å². The Morgan fingerprint density at radius 2 is 1.67 bits per heavy atom. The summed E-state index contributed by atoms with van der Waals surface area (Å²) < 4.78 is 5.13. The number of carbonyl (C=O) groups excluding carboxylic acids is 4. The van der Waals surface area contributed by atoms with E-state index in [1.807, 2.05) is 6.07 Å². The molecule has 0 spiro atoms. The predicted octanol–water partition coefficient (Wildman–Crippen LogP) is 1.03. The van der Waals surface area contributed by atoms with Crippen molar-refractivity contribution in [2.24, 2.45) is 0 Å². The Hall–Kier alpha value is -3.62. The van der Waals surface area contributed by atoms with Gasteiger partial charge in [-0.1, -0.05) is 30.3 Å². The second-order valence-electron chi connectivity index (χ2n) is 7.46. The summed E-state index contributed by atoms with van der Waals surface area (Å²) in [6.07, 6.45) is 1.44. The standard InChI is InChI=1S/C21H22N4O5/c1-21(15-6-3-2-4-7-15)19(28)25(20(29)22-21)14-17(26)23-9-11-24(12-10-23)18(27)16-8-5-13-30-16/h2-8,13H,9-12,14H2,1H3,(H,22,29). The number of nitrogens with zero attached hydrogens (tertiary/aromatic N) is 3. The molecule has 1 aromatic heterocycles. The highest BCUT2D eigenvalue weighted by Gasteiger charge is 2.49. The largest absolute Gasteiger partial charge is 0.459 e. The molecule has 0 bridgehead atoms. The lowest BCUT2D eigenvalue weighted by molar-refractivity contribution is -0.139. The Kier molecular flexibility index (Phi) is 5.03. The number of urea groups is 1. The summed E-state index contributed by atoms with van der Waals surface area (Å²) in [4.78, 5) is 54.5. The number of carbonyl (C=O) groups is 4. The number of imide groups is 1. The van der Waals surface area contributed by atoms with Gasteiger partial charge in [-0.25, -0.2) is 4.79 Å². The lowest BCUT2D eigenvalue weighted by atomic mass is 9.92. The van der Waals surface area contributed by atoms with Crippen molar-refractivity contribution in [2.45, 2.75) is 12.5 Å². The molecule has 1 atom stereocenters. The van der Waals surface area contributed by atoms with Gasteiger partial charge in [-0.15, -0.1) is 0 Å². The third-order valence-corrected chi connectivity index (χ3v) is 5.57. The van der Waals surface area contributed by atoms with Crippen LogP contribution in [0.5, 0.6) is 0 Å². The number of hydrogen-bond donors (Lipinski definition) is 1. The highest BCUT2D eigenvalue weighted by atomic mass is 16.3. The van der Waals surface area contributed by atoms with Gasteiger partial charge in [-0.2, -0.15) is 0 Å². The van der Waals surface area contributed by atoms with E-state index in [-0.39, 0.29) is 24.1 Å². The summed E-state index contributed by atoms with van der Waals surface area (Å²) in [6.45, 7) is 2.65. The van der Waals surface area contributed by atoms with Crippen molar-refractivity contribution in [3.63, 3.8) is 0 Å². The number of rotatable bonds is 4. The topological polar surface area (TPSA) is 103 Å². The van der Waals surface area contributed by atoms with Crippen LogP contribution in [0.4, 0.5) is 4.79 Å². The Bertz CT molecular complexity index is 967. The SMILES string of the molecule is CC1(c2ccccc2)NC(=O)N(CC(=O)N2CCN(C(=O)c3ccco3)CC2)C1=O. The maximum Gasteiger partial charge on any atom is 0.325 e. The van der Waals surface area contributed by atoms with Crippen molar-refractivity contribution < 1.29 is 23.6 Å². The molecule has 0 saturated carbocycles. The molecular weight excluding hydrogens is 388 g/mol. The highest BCUT2D eigenvalue weighted by Crippen LogP contribution is 2.28. The Labute approximate surface area is 173 Å². The van der Waals surface area contributed by atoms with Gasteiger partial charge in [0.25, 0.3) is 11.8 Å². The van der Waals surface area contributed by atoms with E-state index in [9.17, 15) is 19.2 Å². The molecule has 9 heteroatoms. The van der Waals surface area contributed by atoms with Gasteiger partial charge < -0.3 is 19.5 Å². The smallest absolute Gasteiger partial charge is 0.325 e. The van der Waals surface area contributed by atoms with Crippen LogP contribution in [0.3, 0.4) is 0 Å². The fraction of sp³-hybridized carbons (Fsp3) is 0.333. The maximum absolute atomic E-state index is 12.9. The maximum atomic E-state index is 12.9. The molecule has 2 saturated heterocycles. The van der Waals surface area contributed by atoms with E-state index in [4.69, 9.17) is 4.42 Å². The van der Waals surface area contributed by atoms with E-state index in [1.54, 1.807) is 53.1 Å². The first-order valence-electron chi connectivity index (χ1n) is 9.70. The molecule has 4 rings (SSSR count). The molecule has 0 aliphatic carbocycles. The second kappa shape index (κ2) is 7.66. The van der Waals surface area contributed by atoms with Crippen LogP contribution < -0.4 is 5.32 Å². The number of nitrogens with one attached hydrogen (secondary N) is 1. The van der Waals surface area contributed by atoms with Crippen LogP contribution in [0.15, 0.2) is 53.1 Å². The average Bonchev–Trinajstić information content (AvgIpc) is 3.38. The first-order valence-corrected chi connectivity index (χ1v) is 9.70. The van der Waals surface area contributed by atoms with Crippen LogP contribution in [-0.4, -0.2) is 71.2 Å². The Morgan fingerprint density at radius 1 is 1.00 bits per heavy atom. The average molecular weight is 410 g/mol. The highest BCUT2D eigenvalue weighted by molar-refractivity contribution is 6.09. The number of amides is 5. The molecule has 30 heavy (non-hydrogen) atoms. The summed E-state index contributed by atoms with van der Waals surface area (Å²) in [5.74, 6) is -0.756. The zero-order valence-corrected chi connectivity index (χ0v) is 16.5. The minimum atomic E-state index is -1.20. The molecule has 2 aliphatic rings.